The monoisotopic (exact) mass is 259 g/mol. The topological polar surface area (TPSA) is 85.8 Å². The van der Waals surface area contributed by atoms with Gasteiger partial charge < -0.3 is 11.1 Å². The van der Waals surface area contributed by atoms with Gasteiger partial charge in [0.1, 0.15) is 6.33 Å². The summed E-state index contributed by atoms with van der Waals surface area (Å²) < 4.78 is 1.64. The number of aromatic nitrogens is 3. The fraction of sp³-hybridized carbons (Fsp3) is 0.308. The molecule has 6 nitrogen and oxygen atoms in total. The fourth-order valence-electron chi connectivity index (χ4n) is 1.88. The van der Waals surface area contributed by atoms with Crippen LogP contribution in [0, 0.1) is 6.92 Å². The van der Waals surface area contributed by atoms with Crippen molar-refractivity contribution >= 4 is 11.6 Å². The molecule has 1 aromatic carbocycles. The molecule has 1 amide bonds. The third kappa shape index (κ3) is 3.09. The molecule has 1 aromatic heterocycles. The van der Waals surface area contributed by atoms with E-state index in [4.69, 9.17) is 5.73 Å². The van der Waals surface area contributed by atoms with E-state index in [9.17, 15) is 4.79 Å². The van der Waals surface area contributed by atoms with Crippen molar-refractivity contribution in [1.82, 2.24) is 20.1 Å². The zero-order chi connectivity index (χ0) is 13.8. The van der Waals surface area contributed by atoms with Crippen molar-refractivity contribution in [3.63, 3.8) is 0 Å². The molecule has 0 atom stereocenters. The van der Waals surface area contributed by atoms with Gasteiger partial charge in [0.15, 0.2) is 5.82 Å². The van der Waals surface area contributed by atoms with Gasteiger partial charge >= 0.3 is 0 Å². The second-order valence-electron chi connectivity index (χ2n) is 4.38. The number of nitrogen functional groups attached to an aromatic ring is 1. The quantitative estimate of drug-likeness (QED) is 0.790. The second kappa shape index (κ2) is 5.51. The van der Waals surface area contributed by atoms with E-state index in [1.165, 1.54) is 0 Å². The molecule has 0 aliphatic carbocycles. The number of aryl methyl sites for hydroxylation is 2. The summed E-state index contributed by atoms with van der Waals surface area (Å²) in [6, 6.07) is 5.42. The van der Waals surface area contributed by atoms with Crippen molar-refractivity contribution in [2.75, 3.05) is 12.3 Å². The zero-order valence-corrected chi connectivity index (χ0v) is 11.1. The Bertz CT molecular complexity index is 570. The zero-order valence-electron chi connectivity index (χ0n) is 11.1. The van der Waals surface area contributed by atoms with Crippen molar-refractivity contribution in [3.8, 4) is 0 Å². The highest BCUT2D eigenvalue weighted by atomic mass is 16.1. The fourth-order valence-corrected chi connectivity index (χ4v) is 1.88. The largest absolute Gasteiger partial charge is 0.398 e. The van der Waals surface area contributed by atoms with Crippen LogP contribution in [0.2, 0.25) is 0 Å². The molecule has 0 saturated carbocycles. The van der Waals surface area contributed by atoms with E-state index in [-0.39, 0.29) is 5.91 Å². The Hall–Kier alpha value is -2.37. The summed E-state index contributed by atoms with van der Waals surface area (Å²) in [5.41, 5.74) is 7.72. The van der Waals surface area contributed by atoms with Crippen LogP contribution < -0.4 is 11.1 Å². The molecule has 2 aromatic rings. The number of hydrogen-bond donors (Lipinski definition) is 2. The Morgan fingerprint density at radius 1 is 1.47 bits per heavy atom. The number of benzene rings is 1. The molecule has 0 radical (unpaired) electrons. The number of nitrogens with zero attached hydrogens (tertiary/aromatic N) is 3. The maximum atomic E-state index is 12.0. The highest BCUT2D eigenvalue weighted by Gasteiger charge is 2.12. The molecule has 1 heterocycles. The summed E-state index contributed by atoms with van der Waals surface area (Å²) in [5, 5.41) is 6.98. The number of nitrogens with one attached hydrogen (secondary N) is 1. The van der Waals surface area contributed by atoms with E-state index in [2.05, 4.69) is 15.4 Å². The Labute approximate surface area is 111 Å². The van der Waals surface area contributed by atoms with Crippen LogP contribution in [-0.4, -0.2) is 27.2 Å². The van der Waals surface area contributed by atoms with E-state index in [1.54, 1.807) is 17.1 Å². The van der Waals surface area contributed by atoms with Crippen LogP contribution in [0.15, 0.2) is 24.5 Å². The number of rotatable bonds is 4. The van der Waals surface area contributed by atoms with Gasteiger partial charge in [-0.25, -0.2) is 4.98 Å². The summed E-state index contributed by atoms with van der Waals surface area (Å²) in [7, 11) is 1.81. The lowest BCUT2D eigenvalue weighted by molar-refractivity contribution is 0.0954. The first-order chi connectivity index (χ1) is 9.08. The molecule has 0 aliphatic rings. The van der Waals surface area contributed by atoms with Gasteiger partial charge in [-0.1, -0.05) is 12.1 Å². The lowest BCUT2D eigenvalue weighted by Crippen LogP contribution is -2.27. The minimum atomic E-state index is -0.161. The number of nitrogens with two attached hydrogens (primary N) is 1. The molecule has 0 aliphatic heterocycles. The first-order valence-electron chi connectivity index (χ1n) is 6.05. The molecule has 2 rings (SSSR count). The molecule has 6 heteroatoms. The predicted molar refractivity (Wildman–Crippen MR) is 72.6 cm³/mol. The summed E-state index contributed by atoms with van der Waals surface area (Å²) in [6.07, 6.45) is 2.23. The van der Waals surface area contributed by atoms with Gasteiger partial charge in [0, 0.05) is 25.7 Å². The van der Waals surface area contributed by atoms with Gasteiger partial charge in [-0.3, -0.25) is 9.48 Å². The Morgan fingerprint density at radius 3 is 2.89 bits per heavy atom. The van der Waals surface area contributed by atoms with Crippen LogP contribution >= 0.6 is 0 Å². The summed E-state index contributed by atoms with van der Waals surface area (Å²) in [6.45, 7) is 2.35. The third-order valence-electron chi connectivity index (χ3n) is 2.81. The third-order valence-corrected chi connectivity index (χ3v) is 2.81. The molecule has 3 N–H and O–H groups in total. The van der Waals surface area contributed by atoms with Gasteiger partial charge in [-0.2, -0.15) is 5.10 Å². The second-order valence-corrected chi connectivity index (χ2v) is 4.38. The van der Waals surface area contributed by atoms with Gasteiger partial charge in [0.2, 0.25) is 0 Å². The van der Waals surface area contributed by atoms with Crippen molar-refractivity contribution < 1.29 is 4.79 Å². The number of anilines is 1. The molecule has 19 heavy (non-hydrogen) atoms. The van der Waals surface area contributed by atoms with Gasteiger partial charge in [-0.05, 0) is 18.6 Å². The molecule has 0 spiro atoms. The van der Waals surface area contributed by atoms with Crippen LogP contribution in [0.3, 0.4) is 0 Å². The average Bonchev–Trinajstić information content (AvgIpc) is 2.75. The lowest BCUT2D eigenvalue weighted by Gasteiger charge is -2.09. The molecule has 100 valence electrons. The highest BCUT2D eigenvalue weighted by Crippen LogP contribution is 2.15. The molecule has 0 bridgehead atoms. The smallest absolute Gasteiger partial charge is 0.253 e. The first-order valence-corrected chi connectivity index (χ1v) is 6.05. The van der Waals surface area contributed by atoms with Crippen LogP contribution in [0.5, 0.6) is 0 Å². The standard InChI is InChI=1S/C13H17N5O/c1-9-4-3-5-10(14)12(9)13(19)15-7-6-11-16-8-18(2)17-11/h3-5,8H,6-7,14H2,1-2H3,(H,15,19). The van der Waals surface area contributed by atoms with Crippen LogP contribution in [0.25, 0.3) is 0 Å². The first kappa shape index (κ1) is 13.1. The SMILES string of the molecule is Cc1cccc(N)c1C(=O)NCCc1ncn(C)n1. The van der Waals surface area contributed by atoms with Gasteiger partial charge in [0.25, 0.3) is 5.91 Å². The minimum Gasteiger partial charge on any atom is -0.398 e. The molecular formula is C13H17N5O. The lowest BCUT2D eigenvalue weighted by atomic mass is 10.1. The van der Waals surface area contributed by atoms with Crippen molar-refractivity contribution in [2.45, 2.75) is 13.3 Å². The molecule has 0 saturated heterocycles. The van der Waals surface area contributed by atoms with E-state index in [0.29, 0.717) is 30.0 Å². The normalized spacial score (nSPS) is 10.4. The Kier molecular flexibility index (Phi) is 3.79. The summed E-state index contributed by atoms with van der Waals surface area (Å²) in [5.74, 6) is 0.548. The van der Waals surface area contributed by atoms with E-state index in [1.807, 2.05) is 26.1 Å². The number of carbonyl (C=O) groups excluding carboxylic acids is 1. The van der Waals surface area contributed by atoms with E-state index >= 15 is 0 Å². The van der Waals surface area contributed by atoms with Crippen molar-refractivity contribution in [3.05, 3.63) is 41.5 Å². The van der Waals surface area contributed by atoms with Gasteiger partial charge in [0.05, 0.1) is 5.56 Å². The van der Waals surface area contributed by atoms with Crippen LogP contribution in [-0.2, 0) is 13.5 Å². The predicted octanol–water partition coefficient (Wildman–Crippen LogP) is 0.678. The van der Waals surface area contributed by atoms with Gasteiger partial charge in [-0.15, -0.1) is 0 Å². The van der Waals surface area contributed by atoms with E-state index < -0.39 is 0 Å². The summed E-state index contributed by atoms with van der Waals surface area (Å²) in [4.78, 5) is 16.1. The molecule has 0 unspecified atom stereocenters. The molecule has 0 fully saturated rings. The van der Waals surface area contributed by atoms with Crippen molar-refractivity contribution in [2.24, 2.45) is 7.05 Å². The highest BCUT2D eigenvalue weighted by molar-refractivity contribution is 6.00. The number of hydrogen-bond acceptors (Lipinski definition) is 4. The van der Waals surface area contributed by atoms with Crippen LogP contribution in [0.4, 0.5) is 5.69 Å². The summed E-state index contributed by atoms with van der Waals surface area (Å²) >= 11 is 0. The molecular weight excluding hydrogens is 242 g/mol. The Balaban J connectivity index is 1.94. The van der Waals surface area contributed by atoms with Crippen LogP contribution in [0.1, 0.15) is 21.7 Å². The minimum absolute atomic E-state index is 0.161. The van der Waals surface area contributed by atoms with Crippen molar-refractivity contribution in [1.29, 1.82) is 0 Å². The maximum absolute atomic E-state index is 12.0. The Morgan fingerprint density at radius 2 is 2.26 bits per heavy atom. The van der Waals surface area contributed by atoms with E-state index in [0.717, 1.165) is 5.56 Å². The maximum Gasteiger partial charge on any atom is 0.253 e. The number of carbonyl (C=O) groups is 1. The number of amides is 1. The average molecular weight is 259 g/mol.